The Bertz CT molecular complexity index is 584. The second-order valence-electron chi connectivity index (χ2n) is 4.49. The Morgan fingerprint density at radius 3 is 2.80 bits per heavy atom. The fraction of sp³-hybridized carbons (Fsp3) is 0.500. The summed E-state index contributed by atoms with van der Waals surface area (Å²) in [5, 5.41) is 0. The summed E-state index contributed by atoms with van der Waals surface area (Å²) in [7, 11) is -3.49. The molecule has 1 fully saturated rings. The molecule has 0 bridgehead atoms. The van der Waals surface area contributed by atoms with Gasteiger partial charge in [-0.05, 0) is 6.07 Å². The van der Waals surface area contributed by atoms with Gasteiger partial charge in [-0.2, -0.15) is 17.4 Å². The minimum atomic E-state index is -3.49. The Morgan fingerprint density at radius 2 is 2.00 bits per heavy atom. The highest BCUT2D eigenvalue weighted by Crippen LogP contribution is 2.35. The summed E-state index contributed by atoms with van der Waals surface area (Å²) < 4.78 is 44.0. The normalized spacial score (nSPS) is 19.2. The van der Waals surface area contributed by atoms with E-state index in [0.717, 1.165) is 5.56 Å². The third-order valence-corrected chi connectivity index (χ3v) is 4.79. The van der Waals surface area contributed by atoms with Crippen LogP contribution in [0.3, 0.4) is 0 Å². The maximum atomic E-state index is 12.1. The standard InChI is InChI=1S/C12H16N2O5S/c15-20(16,14-4-6-17-7-5-14)13-8-10-2-1-3-11-12(10)19-9-18-11/h1-3,13H,4-9H2. The first-order valence-electron chi connectivity index (χ1n) is 6.37. The number of rotatable bonds is 4. The lowest BCUT2D eigenvalue weighted by Gasteiger charge is -2.26. The van der Waals surface area contributed by atoms with E-state index in [-0.39, 0.29) is 13.3 Å². The van der Waals surface area contributed by atoms with Crippen molar-refractivity contribution in [2.75, 3.05) is 33.1 Å². The van der Waals surface area contributed by atoms with E-state index in [1.165, 1.54) is 4.31 Å². The second kappa shape index (κ2) is 5.57. The molecule has 1 aromatic rings. The predicted octanol–water partition coefficient (Wildman–Crippen LogP) is 0.0819. The number of benzene rings is 1. The van der Waals surface area contributed by atoms with E-state index in [9.17, 15) is 8.42 Å². The summed E-state index contributed by atoms with van der Waals surface area (Å²) in [5.74, 6) is 1.25. The van der Waals surface area contributed by atoms with Crippen LogP contribution in [0.25, 0.3) is 0 Å². The van der Waals surface area contributed by atoms with Crippen LogP contribution in [0.4, 0.5) is 0 Å². The third kappa shape index (κ3) is 2.73. The lowest BCUT2D eigenvalue weighted by Crippen LogP contribution is -2.46. The highest BCUT2D eigenvalue weighted by atomic mass is 32.2. The molecule has 3 rings (SSSR count). The molecular formula is C12H16N2O5S. The molecule has 0 unspecified atom stereocenters. The quantitative estimate of drug-likeness (QED) is 0.852. The highest BCUT2D eigenvalue weighted by molar-refractivity contribution is 7.87. The molecule has 7 nitrogen and oxygen atoms in total. The van der Waals surface area contributed by atoms with Gasteiger partial charge in [-0.1, -0.05) is 12.1 Å². The number of para-hydroxylation sites is 1. The lowest BCUT2D eigenvalue weighted by atomic mass is 10.2. The van der Waals surface area contributed by atoms with Crippen LogP contribution >= 0.6 is 0 Å². The van der Waals surface area contributed by atoms with Crippen molar-refractivity contribution in [1.29, 1.82) is 0 Å². The molecule has 8 heteroatoms. The fourth-order valence-corrected chi connectivity index (χ4v) is 3.33. The van der Waals surface area contributed by atoms with Gasteiger partial charge in [-0.15, -0.1) is 0 Å². The van der Waals surface area contributed by atoms with E-state index in [2.05, 4.69) is 4.72 Å². The molecule has 110 valence electrons. The molecule has 0 atom stereocenters. The first-order valence-corrected chi connectivity index (χ1v) is 7.81. The molecule has 1 aromatic carbocycles. The van der Waals surface area contributed by atoms with E-state index in [1.54, 1.807) is 6.07 Å². The van der Waals surface area contributed by atoms with Crippen LogP contribution in [0.5, 0.6) is 11.5 Å². The molecule has 1 N–H and O–H groups in total. The average molecular weight is 300 g/mol. The summed E-state index contributed by atoms with van der Waals surface area (Å²) in [6.07, 6.45) is 0. The zero-order valence-corrected chi connectivity index (χ0v) is 11.7. The van der Waals surface area contributed by atoms with Gasteiger partial charge in [0.15, 0.2) is 11.5 Å². The minimum absolute atomic E-state index is 0.169. The first-order chi connectivity index (χ1) is 9.67. The van der Waals surface area contributed by atoms with Gasteiger partial charge in [0.25, 0.3) is 10.2 Å². The lowest BCUT2D eigenvalue weighted by molar-refractivity contribution is 0.0724. The molecule has 0 amide bonds. The second-order valence-corrected chi connectivity index (χ2v) is 6.24. The van der Waals surface area contributed by atoms with E-state index in [4.69, 9.17) is 14.2 Å². The number of fused-ring (bicyclic) bond motifs is 1. The van der Waals surface area contributed by atoms with Crippen LogP contribution in [-0.2, 0) is 21.5 Å². The van der Waals surface area contributed by atoms with Crippen LogP contribution in [0, 0.1) is 0 Å². The maximum Gasteiger partial charge on any atom is 0.279 e. The topological polar surface area (TPSA) is 77.1 Å². The fourth-order valence-electron chi connectivity index (χ4n) is 2.18. The van der Waals surface area contributed by atoms with Crippen LogP contribution in [0.1, 0.15) is 5.56 Å². The highest BCUT2D eigenvalue weighted by Gasteiger charge is 2.25. The largest absolute Gasteiger partial charge is 0.454 e. The molecule has 0 spiro atoms. The van der Waals surface area contributed by atoms with Crippen LogP contribution in [0.15, 0.2) is 18.2 Å². The average Bonchev–Trinajstić information content (AvgIpc) is 2.95. The molecule has 20 heavy (non-hydrogen) atoms. The maximum absolute atomic E-state index is 12.1. The van der Waals surface area contributed by atoms with E-state index >= 15 is 0 Å². The number of nitrogens with zero attached hydrogens (tertiary/aromatic N) is 1. The van der Waals surface area contributed by atoms with Crippen molar-refractivity contribution in [3.63, 3.8) is 0 Å². The first kappa shape index (κ1) is 13.6. The molecular weight excluding hydrogens is 284 g/mol. The van der Waals surface area contributed by atoms with Gasteiger partial charge in [0, 0.05) is 25.2 Å². The molecule has 0 aromatic heterocycles. The van der Waals surface area contributed by atoms with Crippen molar-refractivity contribution in [3.05, 3.63) is 23.8 Å². The number of ether oxygens (including phenoxy) is 3. The molecule has 0 radical (unpaired) electrons. The molecule has 2 aliphatic rings. The Labute approximate surface area is 117 Å². The monoisotopic (exact) mass is 300 g/mol. The molecule has 2 aliphatic heterocycles. The molecule has 1 saturated heterocycles. The summed E-state index contributed by atoms with van der Waals surface area (Å²) >= 11 is 0. The van der Waals surface area contributed by atoms with E-state index < -0.39 is 10.2 Å². The zero-order valence-electron chi connectivity index (χ0n) is 10.9. The van der Waals surface area contributed by atoms with Gasteiger partial charge in [-0.3, -0.25) is 0 Å². The van der Waals surface area contributed by atoms with Crippen molar-refractivity contribution in [2.45, 2.75) is 6.54 Å². The third-order valence-electron chi connectivity index (χ3n) is 3.23. The van der Waals surface area contributed by atoms with Gasteiger partial charge in [0.05, 0.1) is 13.2 Å². The summed E-state index contributed by atoms with van der Waals surface area (Å²) in [6, 6.07) is 5.42. The Balaban J connectivity index is 1.69. The molecule has 0 saturated carbocycles. The van der Waals surface area contributed by atoms with Crippen molar-refractivity contribution in [1.82, 2.24) is 9.03 Å². The van der Waals surface area contributed by atoms with Gasteiger partial charge in [-0.25, -0.2) is 0 Å². The number of morpholine rings is 1. The number of hydrogen-bond acceptors (Lipinski definition) is 5. The summed E-state index contributed by atoms with van der Waals surface area (Å²) in [6.45, 7) is 1.95. The van der Waals surface area contributed by atoms with Crippen molar-refractivity contribution < 1.29 is 22.6 Å². The number of hydrogen-bond donors (Lipinski definition) is 1. The van der Waals surface area contributed by atoms with Crippen LogP contribution < -0.4 is 14.2 Å². The van der Waals surface area contributed by atoms with Gasteiger partial charge in [0.1, 0.15) is 0 Å². The van der Waals surface area contributed by atoms with Crippen LogP contribution in [0.2, 0.25) is 0 Å². The smallest absolute Gasteiger partial charge is 0.279 e. The van der Waals surface area contributed by atoms with Crippen molar-refractivity contribution >= 4 is 10.2 Å². The molecule has 2 heterocycles. The van der Waals surface area contributed by atoms with Crippen LogP contribution in [-0.4, -0.2) is 45.8 Å². The van der Waals surface area contributed by atoms with Crippen molar-refractivity contribution in [3.8, 4) is 11.5 Å². The number of nitrogens with one attached hydrogen (secondary N) is 1. The Morgan fingerprint density at radius 1 is 1.20 bits per heavy atom. The summed E-state index contributed by atoms with van der Waals surface area (Å²) in [5.41, 5.74) is 0.761. The van der Waals surface area contributed by atoms with Crippen molar-refractivity contribution in [2.24, 2.45) is 0 Å². The van der Waals surface area contributed by atoms with E-state index in [0.29, 0.717) is 37.8 Å². The predicted molar refractivity (Wildman–Crippen MR) is 70.7 cm³/mol. The van der Waals surface area contributed by atoms with Gasteiger partial charge >= 0.3 is 0 Å². The molecule has 0 aliphatic carbocycles. The van der Waals surface area contributed by atoms with E-state index in [1.807, 2.05) is 12.1 Å². The Hall–Kier alpha value is -1.35. The SMILES string of the molecule is O=S(=O)(NCc1cccc2c1OCO2)N1CCOCC1. The summed E-state index contributed by atoms with van der Waals surface area (Å²) in [4.78, 5) is 0. The van der Waals surface area contributed by atoms with Gasteiger partial charge in [0.2, 0.25) is 6.79 Å². The zero-order chi connectivity index (χ0) is 14.0. The Kier molecular flexibility index (Phi) is 3.79. The minimum Gasteiger partial charge on any atom is -0.454 e. The van der Waals surface area contributed by atoms with Gasteiger partial charge < -0.3 is 14.2 Å².